The molecule has 1 aromatic heterocycles. The Morgan fingerprint density at radius 1 is 1.28 bits per heavy atom. The summed E-state index contributed by atoms with van der Waals surface area (Å²) in [7, 11) is 0. The molecule has 2 aromatic rings. The first-order chi connectivity index (χ1) is 8.74. The number of benzene rings is 1. The molecule has 1 aromatic carbocycles. The third-order valence-corrected chi connectivity index (χ3v) is 2.94. The normalized spacial score (nSPS) is 12.5. The van der Waals surface area contributed by atoms with E-state index < -0.39 is 0 Å². The molecule has 96 valence electrons. The van der Waals surface area contributed by atoms with E-state index >= 15 is 0 Å². The molecule has 1 heterocycles. The van der Waals surface area contributed by atoms with Gasteiger partial charge in [0.2, 0.25) is 0 Å². The van der Waals surface area contributed by atoms with E-state index in [0.29, 0.717) is 6.04 Å². The molecule has 3 heteroatoms. The first kappa shape index (κ1) is 12.7. The summed E-state index contributed by atoms with van der Waals surface area (Å²) in [5.41, 5.74) is 7.85. The largest absolute Gasteiger partial charge is 0.469 e. The van der Waals surface area contributed by atoms with E-state index in [1.54, 1.807) is 6.26 Å². The van der Waals surface area contributed by atoms with Gasteiger partial charge in [0, 0.05) is 18.2 Å². The Labute approximate surface area is 108 Å². The number of hydrogen-bond donors (Lipinski definition) is 2. The molecule has 1 atom stereocenters. The van der Waals surface area contributed by atoms with Gasteiger partial charge in [0.05, 0.1) is 6.26 Å². The highest BCUT2D eigenvalue weighted by Gasteiger charge is 2.04. The molecule has 0 saturated heterocycles. The first-order valence-corrected chi connectivity index (χ1v) is 6.34. The molecule has 0 aliphatic heterocycles. The van der Waals surface area contributed by atoms with Crippen LogP contribution in [0.4, 0.5) is 5.69 Å². The minimum absolute atomic E-state index is 0.414. The van der Waals surface area contributed by atoms with E-state index in [4.69, 9.17) is 10.2 Å². The highest BCUT2D eigenvalue weighted by atomic mass is 16.3. The van der Waals surface area contributed by atoms with Crippen LogP contribution < -0.4 is 11.1 Å². The number of nitrogen functional groups attached to an aromatic ring is 1. The van der Waals surface area contributed by atoms with Gasteiger partial charge in [0.25, 0.3) is 0 Å². The van der Waals surface area contributed by atoms with Crippen LogP contribution in [0.3, 0.4) is 0 Å². The lowest BCUT2D eigenvalue weighted by atomic mass is 10.1. The smallest absolute Gasteiger partial charge is 0.105 e. The maximum Gasteiger partial charge on any atom is 0.105 e. The Balaban J connectivity index is 1.72. The van der Waals surface area contributed by atoms with Crippen LogP contribution in [0.1, 0.15) is 18.2 Å². The van der Waals surface area contributed by atoms with E-state index in [-0.39, 0.29) is 0 Å². The van der Waals surface area contributed by atoms with Gasteiger partial charge in [-0.25, -0.2) is 0 Å². The van der Waals surface area contributed by atoms with Crippen LogP contribution in [-0.4, -0.2) is 12.6 Å². The average molecular weight is 244 g/mol. The van der Waals surface area contributed by atoms with Crippen molar-refractivity contribution in [3.8, 4) is 0 Å². The third-order valence-electron chi connectivity index (χ3n) is 2.94. The number of nitrogens with one attached hydrogen (secondary N) is 1. The number of rotatable bonds is 6. The zero-order valence-electron chi connectivity index (χ0n) is 10.7. The van der Waals surface area contributed by atoms with Crippen molar-refractivity contribution in [1.82, 2.24) is 5.32 Å². The van der Waals surface area contributed by atoms with E-state index in [1.807, 2.05) is 30.3 Å². The van der Waals surface area contributed by atoms with Gasteiger partial charge in [-0.1, -0.05) is 12.1 Å². The van der Waals surface area contributed by atoms with Gasteiger partial charge in [-0.2, -0.15) is 0 Å². The molecule has 0 amide bonds. The summed E-state index contributed by atoms with van der Waals surface area (Å²) in [5, 5.41) is 3.49. The fraction of sp³-hybridized carbons (Fsp3) is 0.333. The Kier molecular flexibility index (Phi) is 4.42. The molecule has 0 aliphatic carbocycles. The second-order valence-corrected chi connectivity index (χ2v) is 4.63. The number of hydrogen-bond acceptors (Lipinski definition) is 3. The zero-order chi connectivity index (χ0) is 12.8. The van der Waals surface area contributed by atoms with Crippen molar-refractivity contribution >= 4 is 5.69 Å². The monoisotopic (exact) mass is 244 g/mol. The first-order valence-electron chi connectivity index (χ1n) is 6.34. The van der Waals surface area contributed by atoms with E-state index in [9.17, 15) is 0 Å². The SMILES string of the molecule is CC(Cc1ccco1)NCCc1cccc(N)c1. The van der Waals surface area contributed by atoms with Crippen LogP contribution in [0.15, 0.2) is 47.1 Å². The van der Waals surface area contributed by atoms with Crippen LogP contribution in [-0.2, 0) is 12.8 Å². The highest BCUT2D eigenvalue weighted by molar-refractivity contribution is 5.40. The Morgan fingerprint density at radius 3 is 2.89 bits per heavy atom. The van der Waals surface area contributed by atoms with E-state index in [1.165, 1.54) is 5.56 Å². The molecule has 0 radical (unpaired) electrons. The van der Waals surface area contributed by atoms with Crippen LogP contribution in [0, 0.1) is 0 Å². The lowest BCUT2D eigenvalue weighted by Gasteiger charge is -2.12. The van der Waals surface area contributed by atoms with Gasteiger partial charge >= 0.3 is 0 Å². The fourth-order valence-electron chi connectivity index (χ4n) is 2.01. The van der Waals surface area contributed by atoms with Crippen molar-refractivity contribution < 1.29 is 4.42 Å². The molecule has 0 bridgehead atoms. The van der Waals surface area contributed by atoms with E-state index in [0.717, 1.165) is 30.8 Å². The van der Waals surface area contributed by atoms with Crippen LogP contribution in [0.25, 0.3) is 0 Å². The van der Waals surface area contributed by atoms with Crippen molar-refractivity contribution in [2.75, 3.05) is 12.3 Å². The van der Waals surface area contributed by atoms with Crippen molar-refractivity contribution in [3.63, 3.8) is 0 Å². The Hall–Kier alpha value is -1.74. The molecule has 0 aliphatic rings. The molecule has 3 N–H and O–H groups in total. The predicted octanol–water partition coefficient (Wildman–Crippen LogP) is 2.63. The maximum absolute atomic E-state index is 5.75. The molecule has 1 unspecified atom stereocenters. The standard InChI is InChI=1S/C15H20N2O/c1-12(10-15-6-3-9-18-15)17-8-7-13-4-2-5-14(16)11-13/h2-6,9,11-12,17H,7-8,10,16H2,1H3. The Bertz CT molecular complexity index is 465. The quantitative estimate of drug-likeness (QED) is 0.768. The molecule has 0 saturated carbocycles. The van der Waals surface area contributed by atoms with Gasteiger partial charge in [-0.05, 0) is 49.7 Å². The minimum atomic E-state index is 0.414. The Morgan fingerprint density at radius 2 is 2.17 bits per heavy atom. The topological polar surface area (TPSA) is 51.2 Å². The number of furan rings is 1. The van der Waals surface area contributed by atoms with Gasteiger partial charge < -0.3 is 15.5 Å². The predicted molar refractivity (Wildman–Crippen MR) is 74.4 cm³/mol. The van der Waals surface area contributed by atoms with Crippen molar-refractivity contribution in [2.24, 2.45) is 0 Å². The molecule has 2 rings (SSSR count). The van der Waals surface area contributed by atoms with Crippen LogP contribution >= 0.6 is 0 Å². The summed E-state index contributed by atoms with van der Waals surface area (Å²) >= 11 is 0. The van der Waals surface area contributed by atoms with Crippen LogP contribution in [0.2, 0.25) is 0 Å². The summed E-state index contributed by atoms with van der Waals surface area (Å²) in [5.74, 6) is 1.03. The highest BCUT2D eigenvalue weighted by Crippen LogP contribution is 2.07. The molecule has 18 heavy (non-hydrogen) atoms. The average Bonchev–Trinajstić information content (AvgIpc) is 2.82. The minimum Gasteiger partial charge on any atom is -0.469 e. The van der Waals surface area contributed by atoms with Gasteiger partial charge in [0.15, 0.2) is 0 Å². The van der Waals surface area contributed by atoms with Crippen molar-refractivity contribution in [1.29, 1.82) is 0 Å². The summed E-state index contributed by atoms with van der Waals surface area (Å²) in [6, 6.07) is 12.4. The molecule has 0 spiro atoms. The molecule has 3 nitrogen and oxygen atoms in total. The second kappa shape index (κ2) is 6.26. The third kappa shape index (κ3) is 3.93. The van der Waals surface area contributed by atoms with Crippen molar-refractivity contribution in [2.45, 2.75) is 25.8 Å². The second-order valence-electron chi connectivity index (χ2n) is 4.63. The summed E-state index contributed by atoms with van der Waals surface area (Å²) in [6.07, 6.45) is 3.63. The molecule has 0 fully saturated rings. The van der Waals surface area contributed by atoms with Crippen LogP contribution in [0.5, 0.6) is 0 Å². The van der Waals surface area contributed by atoms with Gasteiger partial charge in [0.1, 0.15) is 5.76 Å². The number of nitrogens with two attached hydrogens (primary N) is 1. The molecular weight excluding hydrogens is 224 g/mol. The molecular formula is C15H20N2O. The van der Waals surface area contributed by atoms with Gasteiger partial charge in [-0.15, -0.1) is 0 Å². The number of anilines is 1. The summed E-state index contributed by atoms with van der Waals surface area (Å²) in [4.78, 5) is 0. The summed E-state index contributed by atoms with van der Waals surface area (Å²) in [6.45, 7) is 3.12. The zero-order valence-corrected chi connectivity index (χ0v) is 10.7. The van der Waals surface area contributed by atoms with Gasteiger partial charge in [-0.3, -0.25) is 0 Å². The summed E-state index contributed by atoms with van der Waals surface area (Å²) < 4.78 is 5.33. The van der Waals surface area contributed by atoms with Crippen molar-refractivity contribution in [3.05, 3.63) is 54.0 Å². The fourth-order valence-corrected chi connectivity index (χ4v) is 2.01. The lowest BCUT2D eigenvalue weighted by Crippen LogP contribution is -2.29. The lowest BCUT2D eigenvalue weighted by molar-refractivity contribution is 0.458. The maximum atomic E-state index is 5.75. The van der Waals surface area contributed by atoms with E-state index in [2.05, 4.69) is 18.3 Å².